The molecule has 2 amide bonds. The number of carbonyl (C=O) groups excluding carboxylic acids is 2. The van der Waals surface area contributed by atoms with Crippen molar-refractivity contribution in [3.63, 3.8) is 0 Å². The average Bonchev–Trinajstić information content (AvgIpc) is 3.24. The van der Waals surface area contributed by atoms with Gasteiger partial charge >= 0.3 is 0 Å². The van der Waals surface area contributed by atoms with E-state index in [1.54, 1.807) is 18.2 Å². The predicted molar refractivity (Wildman–Crippen MR) is 134 cm³/mol. The number of amides is 2. The molecule has 1 saturated heterocycles. The number of imide groups is 1. The zero-order valence-electron chi connectivity index (χ0n) is 18.3. The number of rotatable bonds is 6. The van der Waals surface area contributed by atoms with Crippen LogP contribution in [-0.2, 0) is 4.79 Å². The second-order valence-corrected chi connectivity index (χ2v) is 9.62. The summed E-state index contributed by atoms with van der Waals surface area (Å²) in [4.78, 5) is 38.3. The molecule has 0 unspecified atom stereocenters. The zero-order valence-corrected chi connectivity index (χ0v) is 20.0. The van der Waals surface area contributed by atoms with E-state index in [1.807, 2.05) is 44.2 Å². The maximum absolute atomic E-state index is 12.5. The minimum absolute atomic E-state index is 0.0364. The summed E-state index contributed by atoms with van der Waals surface area (Å²) >= 11 is 2.41. The molecule has 2 heterocycles. The first-order valence-electron chi connectivity index (χ1n) is 10.2. The first kappa shape index (κ1) is 23.4. The van der Waals surface area contributed by atoms with Crippen LogP contribution >= 0.6 is 23.5 Å². The Morgan fingerprint density at radius 3 is 2.29 bits per heavy atom. The Labute approximate surface area is 205 Å². The van der Waals surface area contributed by atoms with Gasteiger partial charge in [0, 0.05) is 39.0 Å². The van der Waals surface area contributed by atoms with Crippen LogP contribution < -0.4 is 0 Å². The number of benzene rings is 2. The van der Waals surface area contributed by atoms with Crippen LogP contribution in [0.5, 0.6) is 0 Å². The molecule has 1 aromatic heterocycles. The molecule has 0 saturated carbocycles. The van der Waals surface area contributed by atoms with Gasteiger partial charge in [0.05, 0.1) is 16.4 Å². The Hall–Kier alpha value is -3.74. The van der Waals surface area contributed by atoms with Crippen molar-refractivity contribution in [1.82, 2.24) is 9.47 Å². The summed E-state index contributed by atoms with van der Waals surface area (Å²) in [6.07, 6.45) is 6.99. The van der Waals surface area contributed by atoms with Crippen molar-refractivity contribution in [2.75, 3.05) is 6.54 Å². The number of nitro groups is 1. The summed E-state index contributed by atoms with van der Waals surface area (Å²) in [7, 11) is 0. The van der Waals surface area contributed by atoms with Gasteiger partial charge in [-0.1, -0.05) is 17.7 Å². The van der Waals surface area contributed by atoms with Crippen LogP contribution in [0.1, 0.15) is 17.0 Å². The molecule has 1 fully saturated rings. The van der Waals surface area contributed by atoms with Crippen molar-refractivity contribution < 1.29 is 14.5 Å². The Bertz CT molecular complexity index is 1370. The molecule has 0 aliphatic carbocycles. The zero-order chi connectivity index (χ0) is 24.4. The summed E-state index contributed by atoms with van der Waals surface area (Å²) in [6, 6.07) is 16.4. The number of thioether (sulfide) groups is 1. The molecule has 0 bridgehead atoms. The summed E-state index contributed by atoms with van der Waals surface area (Å²) in [5.41, 5.74) is 3.81. The van der Waals surface area contributed by atoms with Gasteiger partial charge in [0.1, 0.15) is 0 Å². The molecule has 1 aliphatic rings. The van der Waals surface area contributed by atoms with Gasteiger partial charge in [-0.25, -0.2) is 0 Å². The van der Waals surface area contributed by atoms with E-state index in [2.05, 4.69) is 10.5 Å². The number of non-ortho nitro benzene ring substituents is 1. The van der Waals surface area contributed by atoms with Gasteiger partial charge in [-0.2, -0.15) is 0 Å². The van der Waals surface area contributed by atoms with E-state index in [1.165, 1.54) is 23.9 Å². The number of hydrogen-bond acceptors (Lipinski definition) is 6. The van der Waals surface area contributed by atoms with E-state index < -0.39 is 4.92 Å². The lowest BCUT2D eigenvalue weighted by atomic mass is 10.2. The number of nitro benzene ring substituents is 1. The molecule has 9 heteroatoms. The smallest absolute Gasteiger partial charge is 0.294 e. The fourth-order valence-corrected chi connectivity index (χ4v) is 5.28. The molecule has 0 N–H and O–H groups in total. The fourth-order valence-electron chi connectivity index (χ4n) is 3.64. The minimum Gasteiger partial charge on any atom is -0.318 e. The molecular weight excluding hydrogens is 470 g/mol. The number of nitrogens with zero attached hydrogens (tertiary/aromatic N) is 3. The Morgan fingerprint density at radius 1 is 1.09 bits per heavy atom. The highest BCUT2D eigenvalue weighted by Crippen LogP contribution is 2.34. The summed E-state index contributed by atoms with van der Waals surface area (Å²) < 4.78 is 2.08. The third kappa shape index (κ3) is 4.64. The Balaban J connectivity index is 1.55. The van der Waals surface area contributed by atoms with E-state index in [0.29, 0.717) is 4.91 Å². The van der Waals surface area contributed by atoms with Gasteiger partial charge < -0.3 is 4.57 Å². The molecule has 0 atom stereocenters. The van der Waals surface area contributed by atoms with Gasteiger partial charge in [-0.15, -0.1) is 6.42 Å². The molecule has 0 spiro atoms. The van der Waals surface area contributed by atoms with Crippen molar-refractivity contribution in [1.29, 1.82) is 0 Å². The standard InChI is InChI=1S/C25H19N3O4S2/c1-4-13-26-24(29)23(34-25(26)30)15-18-14-16(2)27(17(18)3)19-5-9-21(10-6-19)33-22-11-7-20(8-12-22)28(31)32/h1,5-12,14-15H,13H2,2-3H3/b23-15+. The Kier molecular flexibility index (Phi) is 6.63. The van der Waals surface area contributed by atoms with Crippen LogP contribution in [0.15, 0.2) is 69.3 Å². The van der Waals surface area contributed by atoms with E-state index in [4.69, 9.17) is 6.42 Å². The highest BCUT2D eigenvalue weighted by atomic mass is 32.2. The number of terminal acetylenes is 1. The van der Waals surface area contributed by atoms with Crippen molar-refractivity contribution >= 4 is 46.4 Å². The lowest BCUT2D eigenvalue weighted by Crippen LogP contribution is -2.28. The van der Waals surface area contributed by atoms with Gasteiger partial charge in [0.15, 0.2) is 0 Å². The molecule has 0 radical (unpaired) electrons. The van der Waals surface area contributed by atoms with Crippen LogP contribution in [0, 0.1) is 36.3 Å². The normalized spacial score (nSPS) is 14.6. The SMILES string of the molecule is C#CCN1C(=O)S/C(=C/c2cc(C)n(-c3ccc(Sc4ccc([N+](=O)[O-])cc4)cc3)c2C)C1=O. The number of aromatic nitrogens is 1. The van der Waals surface area contributed by atoms with Gasteiger partial charge in [-0.05, 0) is 79.7 Å². The fraction of sp³-hybridized carbons (Fsp3) is 0.120. The summed E-state index contributed by atoms with van der Waals surface area (Å²) in [6.45, 7) is 3.91. The monoisotopic (exact) mass is 489 g/mol. The van der Waals surface area contributed by atoms with Gasteiger partial charge in [-0.3, -0.25) is 24.6 Å². The van der Waals surface area contributed by atoms with Crippen LogP contribution in [0.2, 0.25) is 0 Å². The van der Waals surface area contributed by atoms with Crippen molar-refractivity contribution in [2.45, 2.75) is 23.6 Å². The third-order valence-electron chi connectivity index (χ3n) is 5.26. The molecule has 4 rings (SSSR count). The van der Waals surface area contributed by atoms with E-state index in [-0.39, 0.29) is 23.4 Å². The first-order valence-corrected chi connectivity index (χ1v) is 11.8. The van der Waals surface area contributed by atoms with Gasteiger partial charge in [0.2, 0.25) is 0 Å². The molecule has 34 heavy (non-hydrogen) atoms. The molecule has 1 aliphatic heterocycles. The Morgan fingerprint density at radius 2 is 1.71 bits per heavy atom. The van der Waals surface area contributed by atoms with E-state index in [0.717, 1.165) is 49.1 Å². The van der Waals surface area contributed by atoms with Crippen LogP contribution in [0.3, 0.4) is 0 Å². The maximum atomic E-state index is 12.5. The topological polar surface area (TPSA) is 85.4 Å². The second kappa shape index (κ2) is 9.63. The third-order valence-corrected chi connectivity index (χ3v) is 7.18. The van der Waals surface area contributed by atoms with Gasteiger partial charge in [0.25, 0.3) is 16.8 Å². The lowest BCUT2D eigenvalue weighted by Gasteiger charge is -2.11. The van der Waals surface area contributed by atoms with Crippen molar-refractivity contribution in [2.24, 2.45) is 0 Å². The number of carbonyl (C=O) groups is 2. The first-order chi connectivity index (χ1) is 16.3. The molecule has 170 valence electrons. The predicted octanol–water partition coefficient (Wildman–Crippen LogP) is 5.82. The molecule has 7 nitrogen and oxygen atoms in total. The second-order valence-electron chi connectivity index (χ2n) is 7.48. The quantitative estimate of drug-likeness (QED) is 0.188. The molecule has 3 aromatic rings. The largest absolute Gasteiger partial charge is 0.318 e. The van der Waals surface area contributed by atoms with Crippen LogP contribution in [0.4, 0.5) is 10.5 Å². The van der Waals surface area contributed by atoms with Crippen molar-refractivity contribution in [3.05, 3.63) is 86.6 Å². The van der Waals surface area contributed by atoms with Crippen molar-refractivity contribution in [3.8, 4) is 18.0 Å². The van der Waals surface area contributed by atoms with E-state index in [9.17, 15) is 19.7 Å². The number of aryl methyl sites for hydroxylation is 1. The van der Waals surface area contributed by atoms with Crippen LogP contribution in [0.25, 0.3) is 11.8 Å². The highest BCUT2D eigenvalue weighted by Gasteiger charge is 2.34. The average molecular weight is 490 g/mol. The van der Waals surface area contributed by atoms with E-state index >= 15 is 0 Å². The molecule has 2 aromatic carbocycles. The summed E-state index contributed by atoms with van der Waals surface area (Å²) in [5.74, 6) is 1.97. The molecular formula is C25H19N3O4S2. The minimum atomic E-state index is -0.415. The lowest BCUT2D eigenvalue weighted by molar-refractivity contribution is -0.384. The van der Waals surface area contributed by atoms with Crippen LogP contribution in [-0.4, -0.2) is 32.1 Å². The highest BCUT2D eigenvalue weighted by molar-refractivity contribution is 8.18. The summed E-state index contributed by atoms with van der Waals surface area (Å²) in [5, 5.41) is 10.5. The number of hydrogen-bond donors (Lipinski definition) is 0. The maximum Gasteiger partial charge on any atom is 0.294 e.